The van der Waals surface area contributed by atoms with Gasteiger partial charge in [-0.3, -0.25) is 9.69 Å². The molecule has 4 nitrogen and oxygen atoms in total. The zero-order valence-electron chi connectivity index (χ0n) is 12.2. The van der Waals surface area contributed by atoms with Gasteiger partial charge in [0.15, 0.2) is 0 Å². The Balaban J connectivity index is 1.83. The molecule has 1 aromatic rings. The topological polar surface area (TPSA) is 45.2 Å². The van der Waals surface area contributed by atoms with Crippen LogP contribution < -0.4 is 5.32 Å². The van der Waals surface area contributed by atoms with Gasteiger partial charge in [0.25, 0.3) is 0 Å². The summed E-state index contributed by atoms with van der Waals surface area (Å²) in [5.74, 6) is 1.10. The molecule has 0 bridgehead atoms. The average Bonchev–Trinajstić information content (AvgIpc) is 2.77. The van der Waals surface area contributed by atoms with Crippen molar-refractivity contribution >= 4 is 29.0 Å². The number of aromatic nitrogens is 1. The highest BCUT2D eigenvalue weighted by Crippen LogP contribution is 2.17. The van der Waals surface area contributed by atoms with Gasteiger partial charge in [-0.1, -0.05) is 12.8 Å². The van der Waals surface area contributed by atoms with Gasteiger partial charge in [-0.2, -0.15) is 11.8 Å². The van der Waals surface area contributed by atoms with Gasteiger partial charge in [-0.25, -0.2) is 4.98 Å². The summed E-state index contributed by atoms with van der Waals surface area (Å²) in [6.07, 6.45) is 6.63. The normalized spacial score (nSPS) is 20.6. The lowest BCUT2D eigenvalue weighted by atomic mass is 10.1. The monoisotopic (exact) mass is 313 g/mol. The molecule has 1 fully saturated rings. The van der Waals surface area contributed by atoms with Crippen LogP contribution in [0.3, 0.4) is 0 Å². The van der Waals surface area contributed by atoms with Crippen LogP contribution >= 0.6 is 23.1 Å². The van der Waals surface area contributed by atoms with E-state index in [1.807, 2.05) is 5.38 Å². The second kappa shape index (κ2) is 8.00. The molecule has 1 aromatic heterocycles. The highest BCUT2D eigenvalue weighted by molar-refractivity contribution is 7.97. The van der Waals surface area contributed by atoms with Crippen molar-refractivity contribution in [3.8, 4) is 0 Å². The maximum atomic E-state index is 12.3. The van der Waals surface area contributed by atoms with Crippen molar-refractivity contribution in [3.05, 3.63) is 16.1 Å². The van der Waals surface area contributed by atoms with Gasteiger partial charge >= 0.3 is 0 Å². The molecule has 1 atom stereocenters. The summed E-state index contributed by atoms with van der Waals surface area (Å²) in [7, 11) is 2.05. The summed E-state index contributed by atoms with van der Waals surface area (Å²) in [5, 5.41) is 6.22. The molecular weight excluding hydrogens is 290 g/mol. The van der Waals surface area contributed by atoms with Crippen LogP contribution in [0.4, 0.5) is 0 Å². The largest absolute Gasteiger partial charge is 0.349 e. The molecule has 0 spiro atoms. The number of hydrogen-bond acceptors (Lipinski definition) is 5. The third-order valence-electron chi connectivity index (χ3n) is 3.63. The maximum absolute atomic E-state index is 12.3. The van der Waals surface area contributed by atoms with E-state index in [-0.39, 0.29) is 11.9 Å². The molecule has 2 rings (SSSR count). The number of thioether (sulfide) groups is 1. The van der Waals surface area contributed by atoms with Gasteiger partial charge < -0.3 is 5.32 Å². The first-order valence-electron chi connectivity index (χ1n) is 7.11. The molecule has 0 aliphatic carbocycles. The van der Waals surface area contributed by atoms with Gasteiger partial charge in [0, 0.05) is 11.1 Å². The third-order valence-corrected chi connectivity index (χ3v) is 5.28. The fourth-order valence-electron chi connectivity index (χ4n) is 2.50. The first-order chi connectivity index (χ1) is 9.70. The number of nitrogens with zero attached hydrogens (tertiary/aromatic N) is 2. The molecular formula is C14H23N3OS2. The standard InChI is InChI=1S/C14H23N3OS2/c1-17-7-5-3-4-6-12(17)14(18)15-8-11-9-20-13(16-11)10-19-2/h9,12H,3-8,10H2,1-2H3,(H,15,18)/t12-/m1/s1. The first kappa shape index (κ1) is 15.8. The van der Waals surface area contributed by atoms with E-state index in [9.17, 15) is 4.79 Å². The van der Waals surface area contributed by atoms with E-state index < -0.39 is 0 Å². The van der Waals surface area contributed by atoms with Crippen molar-refractivity contribution in [2.24, 2.45) is 0 Å². The summed E-state index contributed by atoms with van der Waals surface area (Å²) in [6.45, 7) is 1.57. The van der Waals surface area contributed by atoms with Crippen molar-refractivity contribution in [1.29, 1.82) is 0 Å². The molecule has 0 aromatic carbocycles. The van der Waals surface area contributed by atoms with Crippen LogP contribution in [0.5, 0.6) is 0 Å². The van der Waals surface area contributed by atoms with Crippen LogP contribution in [0, 0.1) is 0 Å². The molecule has 6 heteroatoms. The smallest absolute Gasteiger partial charge is 0.237 e. The predicted octanol–water partition coefficient (Wildman–Crippen LogP) is 2.50. The number of likely N-dealkylation sites (tertiary alicyclic amines) is 1. The number of nitrogens with one attached hydrogen (secondary N) is 1. The van der Waals surface area contributed by atoms with E-state index in [0.29, 0.717) is 6.54 Å². The fraction of sp³-hybridized carbons (Fsp3) is 0.714. The molecule has 1 aliphatic rings. The van der Waals surface area contributed by atoms with Crippen LogP contribution in [-0.2, 0) is 17.1 Å². The molecule has 2 heterocycles. The number of amides is 1. The second-order valence-electron chi connectivity index (χ2n) is 5.23. The van der Waals surface area contributed by atoms with Crippen molar-refractivity contribution < 1.29 is 4.79 Å². The third kappa shape index (κ3) is 4.46. The SMILES string of the molecule is CSCc1nc(CNC(=O)[C@H]2CCCCCN2C)cs1. The molecule has 1 aliphatic heterocycles. The lowest BCUT2D eigenvalue weighted by molar-refractivity contribution is -0.126. The van der Waals surface area contributed by atoms with Crippen molar-refractivity contribution in [2.45, 2.75) is 44.0 Å². The Morgan fingerprint density at radius 2 is 2.40 bits per heavy atom. The highest BCUT2D eigenvalue weighted by atomic mass is 32.2. The van der Waals surface area contributed by atoms with E-state index in [2.05, 4.69) is 28.5 Å². The summed E-state index contributed by atoms with van der Waals surface area (Å²) < 4.78 is 0. The van der Waals surface area contributed by atoms with Crippen molar-refractivity contribution in [2.75, 3.05) is 19.8 Å². The highest BCUT2D eigenvalue weighted by Gasteiger charge is 2.24. The molecule has 0 saturated carbocycles. The summed E-state index contributed by atoms with van der Waals surface area (Å²) in [6, 6.07) is 0.0294. The molecule has 0 radical (unpaired) electrons. The number of carbonyl (C=O) groups excluding carboxylic acids is 1. The summed E-state index contributed by atoms with van der Waals surface area (Å²) in [4.78, 5) is 19.0. The Hall–Kier alpha value is -0.590. The molecule has 20 heavy (non-hydrogen) atoms. The van der Waals surface area contributed by atoms with E-state index in [0.717, 1.165) is 35.8 Å². The van der Waals surface area contributed by atoms with E-state index in [1.54, 1.807) is 23.1 Å². The van der Waals surface area contributed by atoms with Gasteiger partial charge in [0.2, 0.25) is 5.91 Å². The maximum Gasteiger partial charge on any atom is 0.237 e. The van der Waals surface area contributed by atoms with Gasteiger partial charge in [0.1, 0.15) is 5.01 Å². The van der Waals surface area contributed by atoms with Crippen LogP contribution in [0.1, 0.15) is 36.4 Å². The second-order valence-corrected chi connectivity index (χ2v) is 7.04. The van der Waals surface area contributed by atoms with E-state index in [1.165, 1.54) is 12.8 Å². The van der Waals surface area contributed by atoms with Gasteiger partial charge in [-0.15, -0.1) is 11.3 Å². The fourth-order valence-corrected chi connectivity index (χ4v) is 4.01. The van der Waals surface area contributed by atoms with Gasteiger partial charge in [0.05, 0.1) is 18.3 Å². The van der Waals surface area contributed by atoms with Crippen LogP contribution in [-0.4, -0.2) is 41.7 Å². The van der Waals surface area contributed by atoms with Crippen molar-refractivity contribution in [3.63, 3.8) is 0 Å². The Bertz CT molecular complexity index is 436. The van der Waals surface area contributed by atoms with Crippen LogP contribution in [0.15, 0.2) is 5.38 Å². The van der Waals surface area contributed by atoms with E-state index >= 15 is 0 Å². The van der Waals surface area contributed by atoms with E-state index in [4.69, 9.17) is 0 Å². The first-order valence-corrected chi connectivity index (χ1v) is 9.38. The molecule has 112 valence electrons. The molecule has 1 amide bonds. The molecule has 0 unspecified atom stereocenters. The number of carbonyl (C=O) groups is 1. The predicted molar refractivity (Wildman–Crippen MR) is 86.1 cm³/mol. The summed E-state index contributed by atoms with van der Waals surface area (Å²) >= 11 is 3.44. The van der Waals surface area contributed by atoms with Crippen LogP contribution in [0.25, 0.3) is 0 Å². The zero-order chi connectivity index (χ0) is 14.4. The minimum absolute atomic E-state index is 0.0294. The minimum Gasteiger partial charge on any atom is -0.349 e. The lowest BCUT2D eigenvalue weighted by Crippen LogP contribution is -2.44. The number of rotatable bonds is 5. The Kier molecular flexibility index (Phi) is 6.32. The Morgan fingerprint density at radius 1 is 1.55 bits per heavy atom. The number of likely N-dealkylation sites (N-methyl/N-ethyl adjacent to an activating group) is 1. The number of hydrogen-bond donors (Lipinski definition) is 1. The molecule has 1 saturated heterocycles. The van der Waals surface area contributed by atoms with Crippen molar-refractivity contribution in [1.82, 2.24) is 15.2 Å². The quantitative estimate of drug-likeness (QED) is 0.907. The average molecular weight is 313 g/mol. The zero-order valence-corrected chi connectivity index (χ0v) is 13.9. The minimum atomic E-state index is 0.0294. The number of thiazole rings is 1. The van der Waals surface area contributed by atoms with Gasteiger partial charge in [-0.05, 0) is 32.7 Å². The molecule has 1 N–H and O–H groups in total. The summed E-state index contributed by atoms with van der Waals surface area (Å²) in [5.41, 5.74) is 0.976. The van der Waals surface area contributed by atoms with Crippen LogP contribution in [0.2, 0.25) is 0 Å². The Morgan fingerprint density at radius 3 is 3.20 bits per heavy atom. The Labute approximate surface area is 129 Å². The lowest BCUT2D eigenvalue weighted by Gasteiger charge is -2.24.